The highest BCUT2D eigenvalue weighted by molar-refractivity contribution is 5.01. The van der Waals surface area contributed by atoms with Crippen molar-refractivity contribution in [1.29, 1.82) is 0 Å². The van der Waals surface area contributed by atoms with Gasteiger partial charge < -0.3 is 0 Å². The van der Waals surface area contributed by atoms with Crippen molar-refractivity contribution in [2.24, 2.45) is 17.8 Å². The van der Waals surface area contributed by atoms with Crippen LogP contribution in [0.4, 0.5) is 0 Å². The lowest BCUT2D eigenvalue weighted by molar-refractivity contribution is 0.425. The van der Waals surface area contributed by atoms with E-state index in [-0.39, 0.29) is 0 Å². The fourth-order valence-corrected chi connectivity index (χ4v) is 1.41. The van der Waals surface area contributed by atoms with Gasteiger partial charge in [0.15, 0.2) is 0 Å². The van der Waals surface area contributed by atoms with Crippen LogP contribution in [-0.2, 0) is 0 Å². The van der Waals surface area contributed by atoms with Gasteiger partial charge in [-0.05, 0) is 24.2 Å². The maximum atomic E-state index is 2.37. The molecule has 13 heavy (non-hydrogen) atoms. The van der Waals surface area contributed by atoms with Crippen LogP contribution in [0.15, 0.2) is 12.2 Å². The minimum absolute atomic E-state index is 0.831. The standard InChI is InChI=1S/C9H16.2C2H6/c1-7(2)9-5-4-8(3)6-9;2*1-2/h4-5,7-9H,6H2,1-3H3;2*1-2H3. The molecule has 0 aromatic rings. The second kappa shape index (κ2) is 9.83. The van der Waals surface area contributed by atoms with E-state index >= 15 is 0 Å². The molecular weight excluding hydrogens is 156 g/mol. The van der Waals surface area contributed by atoms with E-state index in [0.717, 1.165) is 17.8 Å². The number of allylic oxidation sites excluding steroid dienone is 2. The summed E-state index contributed by atoms with van der Waals surface area (Å²) in [6.07, 6.45) is 6.08. The number of hydrogen-bond donors (Lipinski definition) is 0. The molecule has 0 saturated heterocycles. The molecule has 2 atom stereocenters. The van der Waals surface area contributed by atoms with Crippen molar-refractivity contribution in [2.45, 2.75) is 54.9 Å². The van der Waals surface area contributed by atoms with Crippen LogP contribution in [0.3, 0.4) is 0 Å². The Balaban J connectivity index is 0. The second-order valence-electron chi connectivity index (χ2n) is 3.51. The van der Waals surface area contributed by atoms with E-state index in [0.29, 0.717) is 0 Å². The van der Waals surface area contributed by atoms with Crippen molar-refractivity contribution in [2.75, 3.05) is 0 Å². The largest absolute Gasteiger partial charge is 0.0854 e. The van der Waals surface area contributed by atoms with Crippen molar-refractivity contribution in [3.05, 3.63) is 12.2 Å². The number of rotatable bonds is 1. The molecule has 1 aliphatic rings. The van der Waals surface area contributed by atoms with Gasteiger partial charge >= 0.3 is 0 Å². The third-order valence-corrected chi connectivity index (χ3v) is 2.19. The minimum atomic E-state index is 0.831. The average Bonchev–Trinajstić information content (AvgIpc) is 2.59. The highest BCUT2D eigenvalue weighted by atomic mass is 14.2. The summed E-state index contributed by atoms with van der Waals surface area (Å²) in [6.45, 7) is 14.9. The van der Waals surface area contributed by atoms with Gasteiger partial charge in [0.25, 0.3) is 0 Å². The van der Waals surface area contributed by atoms with Gasteiger partial charge in [0, 0.05) is 0 Å². The fourth-order valence-electron chi connectivity index (χ4n) is 1.41. The van der Waals surface area contributed by atoms with Gasteiger partial charge in [0.1, 0.15) is 0 Å². The fraction of sp³-hybridized carbons (Fsp3) is 0.846. The molecule has 1 rings (SSSR count). The van der Waals surface area contributed by atoms with Gasteiger partial charge in [-0.1, -0.05) is 60.6 Å². The summed E-state index contributed by atoms with van der Waals surface area (Å²) in [5.74, 6) is 2.53. The third-order valence-electron chi connectivity index (χ3n) is 2.19. The molecule has 80 valence electrons. The summed E-state index contributed by atoms with van der Waals surface area (Å²) >= 11 is 0. The van der Waals surface area contributed by atoms with Crippen molar-refractivity contribution in [3.63, 3.8) is 0 Å². The zero-order chi connectivity index (χ0) is 10.9. The molecule has 0 spiro atoms. The molecule has 0 heteroatoms. The molecule has 0 radical (unpaired) electrons. The van der Waals surface area contributed by atoms with E-state index in [2.05, 4.69) is 32.9 Å². The van der Waals surface area contributed by atoms with E-state index in [9.17, 15) is 0 Å². The Kier molecular flexibility index (Phi) is 11.5. The lowest BCUT2D eigenvalue weighted by Gasteiger charge is -2.12. The molecule has 0 heterocycles. The smallest absolute Gasteiger partial charge is 0.0205 e. The minimum Gasteiger partial charge on any atom is -0.0854 e. The van der Waals surface area contributed by atoms with Crippen molar-refractivity contribution in [3.8, 4) is 0 Å². The Hall–Kier alpha value is -0.260. The van der Waals surface area contributed by atoms with Crippen LogP contribution < -0.4 is 0 Å². The van der Waals surface area contributed by atoms with Crippen molar-refractivity contribution in [1.82, 2.24) is 0 Å². The Morgan fingerprint density at radius 1 is 1.00 bits per heavy atom. The topological polar surface area (TPSA) is 0 Å². The molecule has 0 saturated carbocycles. The average molecular weight is 184 g/mol. The van der Waals surface area contributed by atoms with Crippen LogP contribution in [-0.4, -0.2) is 0 Å². The van der Waals surface area contributed by atoms with Gasteiger partial charge in [-0.3, -0.25) is 0 Å². The van der Waals surface area contributed by atoms with Gasteiger partial charge in [0.2, 0.25) is 0 Å². The van der Waals surface area contributed by atoms with Crippen LogP contribution in [0.1, 0.15) is 54.9 Å². The Labute approximate surface area is 85.4 Å². The third kappa shape index (κ3) is 6.86. The Bertz CT molecular complexity index is 111. The van der Waals surface area contributed by atoms with E-state index in [1.807, 2.05) is 27.7 Å². The number of hydrogen-bond acceptors (Lipinski definition) is 0. The zero-order valence-corrected chi connectivity index (χ0v) is 10.6. The first-order valence-electron chi connectivity index (χ1n) is 5.88. The van der Waals surface area contributed by atoms with E-state index in [1.165, 1.54) is 6.42 Å². The summed E-state index contributed by atoms with van der Waals surface area (Å²) in [4.78, 5) is 0. The predicted molar refractivity (Wildman–Crippen MR) is 63.9 cm³/mol. The summed E-state index contributed by atoms with van der Waals surface area (Å²) in [5.41, 5.74) is 0. The molecular formula is C13H28. The summed E-state index contributed by atoms with van der Waals surface area (Å²) in [5, 5.41) is 0. The first-order valence-corrected chi connectivity index (χ1v) is 5.88. The van der Waals surface area contributed by atoms with Gasteiger partial charge in [-0.25, -0.2) is 0 Å². The Morgan fingerprint density at radius 3 is 1.62 bits per heavy atom. The first-order chi connectivity index (χ1) is 6.20. The monoisotopic (exact) mass is 184 g/mol. The molecule has 0 nitrogen and oxygen atoms in total. The highest BCUT2D eigenvalue weighted by Crippen LogP contribution is 2.28. The first kappa shape index (κ1) is 15.2. The van der Waals surface area contributed by atoms with Crippen LogP contribution >= 0.6 is 0 Å². The molecule has 0 aliphatic heterocycles. The Morgan fingerprint density at radius 2 is 1.46 bits per heavy atom. The summed E-state index contributed by atoms with van der Waals surface area (Å²) in [6, 6.07) is 0. The molecule has 0 amide bonds. The summed E-state index contributed by atoms with van der Waals surface area (Å²) < 4.78 is 0. The van der Waals surface area contributed by atoms with E-state index < -0.39 is 0 Å². The van der Waals surface area contributed by atoms with Gasteiger partial charge in [-0.15, -0.1) is 0 Å². The highest BCUT2D eigenvalue weighted by Gasteiger charge is 2.17. The zero-order valence-electron chi connectivity index (χ0n) is 10.6. The summed E-state index contributed by atoms with van der Waals surface area (Å²) in [7, 11) is 0. The lowest BCUT2D eigenvalue weighted by atomic mass is 9.93. The molecule has 0 N–H and O–H groups in total. The molecule has 0 aromatic carbocycles. The molecule has 2 unspecified atom stereocenters. The molecule has 0 fully saturated rings. The van der Waals surface area contributed by atoms with E-state index in [1.54, 1.807) is 0 Å². The quantitative estimate of drug-likeness (QED) is 0.508. The maximum absolute atomic E-state index is 2.37. The van der Waals surface area contributed by atoms with Crippen molar-refractivity contribution < 1.29 is 0 Å². The second-order valence-corrected chi connectivity index (χ2v) is 3.51. The maximum Gasteiger partial charge on any atom is -0.0205 e. The SMILES string of the molecule is CC.CC.CC1C=CC(C(C)C)C1. The van der Waals surface area contributed by atoms with Gasteiger partial charge in [-0.2, -0.15) is 0 Å². The molecule has 0 aromatic heterocycles. The molecule has 0 bridgehead atoms. The van der Waals surface area contributed by atoms with Crippen LogP contribution in [0.25, 0.3) is 0 Å². The lowest BCUT2D eigenvalue weighted by Crippen LogP contribution is -2.02. The van der Waals surface area contributed by atoms with Crippen LogP contribution in [0.2, 0.25) is 0 Å². The normalized spacial score (nSPS) is 24.6. The predicted octanol–water partition coefficient (Wildman–Crippen LogP) is 4.91. The van der Waals surface area contributed by atoms with E-state index in [4.69, 9.17) is 0 Å². The molecule has 1 aliphatic carbocycles. The van der Waals surface area contributed by atoms with Crippen LogP contribution in [0, 0.1) is 17.8 Å². The van der Waals surface area contributed by atoms with Gasteiger partial charge in [0.05, 0.1) is 0 Å². The van der Waals surface area contributed by atoms with Crippen molar-refractivity contribution >= 4 is 0 Å². The van der Waals surface area contributed by atoms with Crippen LogP contribution in [0.5, 0.6) is 0 Å².